The van der Waals surface area contributed by atoms with E-state index in [0.29, 0.717) is 47.1 Å². The van der Waals surface area contributed by atoms with Gasteiger partial charge in [0.15, 0.2) is 11.5 Å². The molecule has 1 fully saturated rings. The van der Waals surface area contributed by atoms with Crippen LogP contribution in [0, 0.1) is 5.82 Å². The third-order valence-electron chi connectivity index (χ3n) is 7.73. The topological polar surface area (TPSA) is 141 Å². The highest BCUT2D eigenvalue weighted by Gasteiger charge is 2.25. The van der Waals surface area contributed by atoms with Crippen LogP contribution in [0.4, 0.5) is 21.7 Å². The lowest BCUT2D eigenvalue weighted by Crippen LogP contribution is -2.48. The van der Waals surface area contributed by atoms with Crippen LogP contribution in [0.15, 0.2) is 71.7 Å². The molecule has 0 saturated carbocycles. The van der Waals surface area contributed by atoms with E-state index in [-0.39, 0.29) is 30.4 Å². The van der Waals surface area contributed by atoms with E-state index in [1.165, 1.54) is 41.1 Å². The number of aromatic nitrogens is 4. The Morgan fingerprint density at radius 3 is 2.47 bits per heavy atom. The Bertz CT molecular complexity index is 1990. The molecule has 230 valence electrons. The standard InChI is InChI=1S/C32H31FN8O4/c1-4-45-24-13-14-41(22-11-7-20(33)8-12-22)32(44)28(24)31(43)35-21-9-5-19(6-10-21)23-17-25(40-16-15-38(2)26(42)18-40)36-30-27(23)29(34)37-39(30)3/h5-14,17H,4,15-16,18H2,1-3H3,(H2,34,37)(H,35,43). The van der Waals surface area contributed by atoms with Crippen LogP contribution >= 0.6 is 0 Å². The lowest BCUT2D eigenvalue weighted by Gasteiger charge is -2.33. The number of likely N-dealkylation sites (N-methyl/N-ethyl adjacent to an activating group) is 1. The maximum atomic E-state index is 13.5. The molecule has 1 aliphatic heterocycles. The Hall–Kier alpha value is -5.72. The van der Waals surface area contributed by atoms with E-state index in [0.717, 1.165) is 11.1 Å². The number of benzene rings is 2. The van der Waals surface area contributed by atoms with Gasteiger partial charge in [0.05, 0.1) is 18.5 Å². The van der Waals surface area contributed by atoms with Gasteiger partial charge in [0, 0.05) is 50.3 Å². The predicted octanol–water partition coefficient (Wildman–Crippen LogP) is 3.44. The molecule has 1 saturated heterocycles. The number of nitrogen functional groups attached to an aromatic ring is 1. The summed E-state index contributed by atoms with van der Waals surface area (Å²) < 4.78 is 22.0. The molecule has 0 radical (unpaired) electrons. The summed E-state index contributed by atoms with van der Waals surface area (Å²) in [5.41, 5.74) is 8.49. The van der Waals surface area contributed by atoms with Crippen LogP contribution in [0.2, 0.25) is 0 Å². The zero-order valence-electron chi connectivity index (χ0n) is 25.0. The monoisotopic (exact) mass is 610 g/mol. The minimum atomic E-state index is -0.655. The number of anilines is 3. The van der Waals surface area contributed by atoms with E-state index in [4.69, 9.17) is 15.5 Å². The van der Waals surface area contributed by atoms with Gasteiger partial charge in [-0.1, -0.05) is 12.1 Å². The molecule has 2 amide bonds. The molecule has 3 aromatic heterocycles. The summed E-state index contributed by atoms with van der Waals surface area (Å²) in [6.07, 6.45) is 1.48. The molecule has 45 heavy (non-hydrogen) atoms. The summed E-state index contributed by atoms with van der Waals surface area (Å²) in [5, 5.41) is 7.83. The number of hydrogen-bond acceptors (Lipinski definition) is 8. The van der Waals surface area contributed by atoms with Crippen molar-refractivity contribution in [2.45, 2.75) is 6.92 Å². The number of carbonyl (C=O) groups excluding carboxylic acids is 2. The summed E-state index contributed by atoms with van der Waals surface area (Å²) in [6.45, 7) is 3.42. The summed E-state index contributed by atoms with van der Waals surface area (Å²) in [5.74, 6) is -0.00980. The molecule has 2 aromatic carbocycles. The number of rotatable bonds is 7. The summed E-state index contributed by atoms with van der Waals surface area (Å²) in [7, 11) is 3.54. The van der Waals surface area contributed by atoms with Crippen LogP contribution < -0.4 is 26.2 Å². The summed E-state index contributed by atoms with van der Waals surface area (Å²) in [6, 6.07) is 15.9. The van der Waals surface area contributed by atoms with Crippen molar-refractivity contribution in [2.75, 3.05) is 49.2 Å². The van der Waals surface area contributed by atoms with Crippen molar-refractivity contribution in [1.82, 2.24) is 24.2 Å². The molecular weight excluding hydrogens is 579 g/mol. The van der Waals surface area contributed by atoms with Gasteiger partial charge < -0.3 is 25.6 Å². The third-order valence-corrected chi connectivity index (χ3v) is 7.73. The van der Waals surface area contributed by atoms with Crippen LogP contribution in [-0.2, 0) is 11.8 Å². The van der Waals surface area contributed by atoms with Crippen molar-refractivity contribution in [3.05, 3.63) is 88.6 Å². The van der Waals surface area contributed by atoms with Crippen LogP contribution in [0.1, 0.15) is 17.3 Å². The number of nitrogens with zero attached hydrogens (tertiary/aromatic N) is 6. The summed E-state index contributed by atoms with van der Waals surface area (Å²) in [4.78, 5) is 47.7. The second-order valence-corrected chi connectivity index (χ2v) is 10.6. The average molecular weight is 611 g/mol. The van der Waals surface area contributed by atoms with Gasteiger partial charge in [0.25, 0.3) is 11.5 Å². The first-order valence-electron chi connectivity index (χ1n) is 14.3. The highest BCUT2D eigenvalue weighted by molar-refractivity contribution is 6.06. The van der Waals surface area contributed by atoms with Crippen molar-refractivity contribution in [2.24, 2.45) is 7.05 Å². The number of aryl methyl sites for hydroxylation is 1. The number of carbonyl (C=O) groups is 2. The highest BCUT2D eigenvalue weighted by Crippen LogP contribution is 2.35. The zero-order chi connectivity index (χ0) is 31.8. The van der Waals surface area contributed by atoms with Gasteiger partial charge in [-0.25, -0.2) is 14.1 Å². The van der Waals surface area contributed by atoms with Crippen LogP contribution in [0.25, 0.3) is 27.8 Å². The molecule has 0 spiro atoms. The van der Waals surface area contributed by atoms with Gasteiger partial charge in [-0.05, 0) is 61.0 Å². The van der Waals surface area contributed by atoms with Gasteiger partial charge in [0.2, 0.25) is 5.91 Å². The molecule has 0 bridgehead atoms. The fourth-order valence-corrected chi connectivity index (χ4v) is 5.34. The number of nitrogens with two attached hydrogens (primary N) is 1. The van der Waals surface area contributed by atoms with Crippen molar-refractivity contribution >= 4 is 40.2 Å². The van der Waals surface area contributed by atoms with Crippen molar-refractivity contribution in [1.29, 1.82) is 0 Å². The molecular formula is C32H31FN8O4. The van der Waals surface area contributed by atoms with E-state index in [2.05, 4.69) is 10.4 Å². The van der Waals surface area contributed by atoms with Crippen LogP contribution in [0.3, 0.4) is 0 Å². The maximum Gasteiger partial charge on any atom is 0.271 e. The Morgan fingerprint density at radius 2 is 1.78 bits per heavy atom. The number of amides is 2. The normalized spacial score (nSPS) is 13.4. The third kappa shape index (κ3) is 5.55. The molecule has 5 aromatic rings. The Balaban J connectivity index is 1.33. The van der Waals surface area contributed by atoms with E-state index in [9.17, 15) is 18.8 Å². The first-order valence-corrected chi connectivity index (χ1v) is 14.3. The minimum Gasteiger partial charge on any atom is -0.493 e. The van der Waals surface area contributed by atoms with E-state index >= 15 is 0 Å². The fourth-order valence-electron chi connectivity index (χ4n) is 5.34. The smallest absolute Gasteiger partial charge is 0.271 e. The molecule has 1 aliphatic rings. The Morgan fingerprint density at radius 1 is 1.04 bits per heavy atom. The van der Waals surface area contributed by atoms with E-state index < -0.39 is 17.3 Å². The van der Waals surface area contributed by atoms with Gasteiger partial charge in [-0.3, -0.25) is 19.0 Å². The number of halogens is 1. The molecule has 0 atom stereocenters. The second-order valence-electron chi connectivity index (χ2n) is 10.6. The largest absolute Gasteiger partial charge is 0.493 e. The second kappa shape index (κ2) is 11.8. The lowest BCUT2D eigenvalue weighted by molar-refractivity contribution is -0.129. The van der Waals surface area contributed by atoms with Crippen LogP contribution in [0.5, 0.6) is 5.75 Å². The minimum absolute atomic E-state index is 0.00430. The lowest BCUT2D eigenvalue weighted by atomic mass is 10.0. The molecule has 3 N–H and O–H groups in total. The number of hydrogen-bond donors (Lipinski definition) is 2. The van der Waals surface area contributed by atoms with Crippen molar-refractivity contribution < 1.29 is 18.7 Å². The number of piperazine rings is 1. The quantitative estimate of drug-likeness (QED) is 0.286. The number of fused-ring (bicyclic) bond motifs is 1. The van der Waals surface area contributed by atoms with Crippen molar-refractivity contribution in [3.8, 4) is 22.6 Å². The van der Waals surface area contributed by atoms with Gasteiger partial charge in [-0.15, -0.1) is 0 Å². The Labute approximate surface area is 257 Å². The molecule has 6 rings (SSSR count). The average Bonchev–Trinajstić information content (AvgIpc) is 3.32. The zero-order valence-corrected chi connectivity index (χ0v) is 25.0. The van der Waals surface area contributed by atoms with Crippen molar-refractivity contribution in [3.63, 3.8) is 0 Å². The maximum absolute atomic E-state index is 13.5. The van der Waals surface area contributed by atoms with E-state index in [1.807, 2.05) is 23.1 Å². The molecule has 4 heterocycles. The van der Waals surface area contributed by atoms with Crippen LogP contribution in [-0.4, -0.2) is 69.3 Å². The molecule has 0 aliphatic carbocycles. The number of ether oxygens (including phenoxy) is 1. The number of nitrogens with one attached hydrogen (secondary N) is 1. The first kappa shape index (κ1) is 29.4. The highest BCUT2D eigenvalue weighted by atomic mass is 19.1. The molecule has 12 nitrogen and oxygen atoms in total. The van der Waals surface area contributed by atoms with Gasteiger partial charge in [0.1, 0.15) is 22.9 Å². The first-order chi connectivity index (χ1) is 21.6. The summed E-state index contributed by atoms with van der Waals surface area (Å²) >= 11 is 0. The Kier molecular flexibility index (Phi) is 7.67. The fraction of sp³-hybridized carbons (Fsp3) is 0.219. The van der Waals surface area contributed by atoms with Gasteiger partial charge in [-0.2, -0.15) is 5.10 Å². The van der Waals surface area contributed by atoms with E-state index in [1.54, 1.807) is 42.7 Å². The molecule has 0 unspecified atom stereocenters. The number of pyridine rings is 2. The SMILES string of the molecule is CCOc1ccn(-c2ccc(F)cc2)c(=O)c1C(=O)Nc1ccc(-c2cc(N3CCN(C)C(=O)C3)nc3c2c(N)nn3C)cc1. The van der Waals surface area contributed by atoms with Gasteiger partial charge >= 0.3 is 0 Å². The predicted molar refractivity (Wildman–Crippen MR) is 169 cm³/mol. The molecule has 13 heteroatoms.